The molecule has 37 heavy (non-hydrogen) atoms. The van der Waals surface area contributed by atoms with E-state index in [9.17, 15) is 18.0 Å². The molecule has 12 heteroatoms. The predicted molar refractivity (Wildman–Crippen MR) is 138 cm³/mol. The lowest BCUT2D eigenvalue weighted by atomic mass is 10.2. The molecule has 2 atom stereocenters. The van der Waals surface area contributed by atoms with Crippen molar-refractivity contribution in [2.45, 2.75) is 44.4 Å². The zero-order chi connectivity index (χ0) is 26.7. The van der Waals surface area contributed by atoms with E-state index in [0.29, 0.717) is 22.7 Å². The number of benzene rings is 2. The topological polar surface area (TPSA) is 116 Å². The fourth-order valence-electron chi connectivity index (χ4n) is 4.14. The highest BCUT2D eigenvalue weighted by molar-refractivity contribution is 7.89. The Balaban J connectivity index is 1.65. The summed E-state index contributed by atoms with van der Waals surface area (Å²) in [6.07, 6.45) is -0.415. The predicted octanol–water partition coefficient (Wildman–Crippen LogP) is 2.81. The van der Waals surface area contributed by atoms with Gasteiger partial charge < -0.3 is 18.8 Å². The van der Waals surface area contributed by atoms with Crippen molar-refractivity contribution >= 4 is 43.5 Å². The van der Waals surface area contributed by atoms with Crippen LogP contribution in [0.4, 0.5) is 0 Å². The summed E-state index contributed by atoms with van der Waals surface area (Å²) in [6.45, 7) is 6.46. The van der Waals surface area contributed by atoms with Gasteiger partial charge in [-0.25, -0.2) is 8.42 Å². The molecule has 1 amide bonds. The maximum Gasteiger partial charge on any atom is 0.325 e. The molecule has 1 aromatic heterocycles. The lowest BCUT2D eigenvalue weighted by Crippen LogP contribution is -2.48. The number of aromatic nitrogens is 1. The molecular formula is C25H29N3O7S2. The number of carbonyl (C=O) groups is 2. The fraction of sp³-hybridized carbons (Fsp3) is 0.400. The van der Waals surface area contributed by atoms with Gasteiger partial charge in [-0.1, -0.05) is 11.3 Å². The average molecular weight is 548 g/mol. The van der Waals surface area contributed by atoms with E-state index in [1.54, 1.807) is 16.7 Å². The second-order valence-electron chi connectivity index (χ2n) is 8.63. The molecule has 0 spiro atoms. The summed E-state index contributed by atoms with van der Waals surface area (Å²) in [5.74, 6) is -0.378. The molecule has 0 aliphatic carbocycles. The van der Waals surface area contributed by atoms with Gasteiger partial charge in [0.1, 0.15) is 12.3 Å². The monoisotopic (exact) mass is 547 g/mol. The van der Waals surface area contributed by atoms with E-state index < -0.39 is 21.9 Å². The summed E-state index contributed by atoms with van der Waals surface area (Å²) in [6, 6.07) is 11.1. The molecule has 1 aliphatic heterocycles. The van der Waals surface area contributed by atoms with Gasteiger partial charge in [0.25, 0.3) is 5.91 Å². The molecule has 0 radical (unpaired) electrons. The summed E-state index contributed by atoms with van der Waals surface area (Å²) in [7, 11) is -2.44. The lowest BCUT2D eigenvalue weighted by molar-refractivity contribution is -0.141. The number of nitrogens with zero attached hydrogens (tertiary/aromatic N) is 3. The maximum atomic E-state index is 13.1. The highest BCUT2D eigenvalue weighted by Crippen LogP contribution is 2.24. The van der Waals surface area contributed by atoms with Crippen molar-refractivity contribution in [1.29, 1.82) is 0 Å². The zero-order valence-corrected chi connectivity index (χ0v) is 22.7. The molecule has 2 heterocycles. The Labute approximate surface area is 219 Å². The Morgan fingerprint density at radius 3 is 2.41 bits per heavy atom. The summed E-state index contributed by atoms with van der Waals surface area (Å²) >= 11 is 1.24. The number of hydrogen-bond acceptors (Lipinski definition) is 8. The van der Waals surface area contributed by atoms with Gasteiger partial charge in [-0.3, -0.25) is 9.59 Å². The number of carbonyl (C=O) groups excluding carboxylic acids is 2. The van der Waals surface area contributed by atoms with Crippen molar-refractivity contribution in [3.05, 3.63) is 52.8 Å². The Bertz CT molecular complexity index is 1470. The van der Waals surface area contributed by atoms with Crippen LogP contribution in [0.25, 0.3) is 10.2 Å². The number of methoxy groups -OCH3 is 1. The Morgan fingerprint density at radius 1 is 1.11 bits per heavy atom. The number of esters is 1. The summed E-state index contributed by atoms with van der Waals surface area (Å²) in [4.78, 5) is 29.7. The number of rotatable bonds is 7. The Hall–Kier alpha value is -3.06. The number of amides is 1. The normalized spacial score (nSPS) is 19.2. The number of ether oxygens (including phenoxy) is 3. The number of thiazole rings is 1. The third-order valence-electron chi connectivity index (χ3n) is 5.80. The third kappa shape index (κ3) is 5.93. The Morgan fingerprint density at radius 2 is 1.78 bits per heavy atom. The highest BCUT2D eigenvalue weighted by atomic mass is 32.2. The molecule has 2 aromatic carbocycles. The first kappa shape index (κ1) is 27.0. The number of sulfonamides is 1. The molecule has 198 valence electrons. The van der Waals surface area contributed by atoms with Gasteiger partial charge in [0.15, 0.2) is 4.80 Å². The van der Waals surface area contributed by atoms with Crippen LogP contribution in [0.3, 0.4) is 0 Å². The van der Waals surface area contributed by atoms with Gasteiger partial charge in [0.05, 0.1) is 41.0 Å². The molecule has 4 rings (SSSR count). The van der Waals surface area contributed by atoms with Gasteiger partial charge in [-0.05, 0) is 63.2 Å². The minimum Gasteiger partial charge on any atom is -0.494 e. The second-order valence-corrected chi connectivity index (χ2v) is 11.6. The molecule has 1 fully saturated rings. The summed E-state index contributed by atoms with van der Waals surface area (Å²) in [5, 5.41) is 0. The largest absolute Gasteiger partial charge is 0.494 e. The standard InChI is InChI=1S/C25H29N3O7S2/c1-5-34-19-8-11-21-22(12-19)36-25(28(21)15-23(29)33-4)26-24(30)18-6-9-20(10-7-18)37(31,32)27-13-16(2)35-17(3)14-27/h6-12,16-17H,5,13-15H2,1-4H3/t16-,17+. The number of hydrogen-bond donors (Lipinski definition) is 0. The first-order chi connectivity index (χ1) is 17.6. The van der Waals surface area contributed by atoms with Crippen molar-refractivity contribution in [3.63, 3.8) is 0 Å². The molecular weight excluding hydrogens is 518 g/mol. The van der Waals surface area contributed by atoms with E-state index in [0.717, 1.165) is 4.70 Å². The zero-order valence-electron chi connectivity index (χ0n) is 21.0. The van der Waals surface area contributed by atoms with Crippen LogP contribution in [0.15, 0.2) is 52.4 Å². The third-order valence-corrected chi connectivity index (χ3v) is 8.69. The van der Waals surface area contributed by atoms with Crippen molar-refractivity contribution in [1.82, 2.24) is 8.87 Å². The van der Waals surface area contributed by atoms with E-state index >= 15 is 0 Å². The summed E-state index contributed by atoms with van der Waals surface area (Å²) in [5.41, 5.74) is 0.931. The van der Waals surface area contributed by atoms with Gasteiger partial charge >= 0.3 is 5.97 Å². The number of fused-ring (bicyclic) bond motifs is 1. The molecule has 1 aliphatic rings. The molecule has 0 N–H and O–H groups in total. The van der Waals surface area contributed by atoms with Crippen LogP contribution in [0.5, 0.6) is 5.75 Å². The molecule has 0 saturated carbocycles. The average Bonchev–Trinajstić information content (AvgIpc) is 3.19. The van der Waals surface area contributed by atoms with Crippen molar-refractivity contribution in [2.24, 2.45) is 4.99 Å². The summed E-state index contributed by atoms with van der Waals surface area (Å²) < 4.78 is 46.0. The molecule has 0 unspecified atom stereocenters. The van der Waals surface area contributed by atoms with Crippen LogP contribution in [0, 0.1) is 0 Å². The van der Waals surface area contributed by atoms with E-state index in [1.165, 1.54) is 47.0 Å². The second kappa shape index (κ2) is 11.1. The van der Waals surface area contributed by atoms with Crippen LogP contribution in [-0.2, 0) is 30.8 Å². The quantitative estimate of drug-likeness (QED) is 0.418. The van der Waals surface area contributed by atoms with Crippen LogP contribution in [0.1, 0.15) is 31.1 Å². The minimum absolute atomic E-state index is 0.0939. The highest BCUT2D eigenvalue weighted by Gasteiger charge is 2.32. The van der Waals surface area contributed by atoms with Crippen molar-refractivity contribution < 1.29 is 32.2 Å². The maximum absolute atomic E-state index is 13.1. The van der Waals surface area contributed by atoms with Crippen LogP contribution in [-0.4, -0.2) is 68.2 Å². The van der Waals surface area contributed by atoms with Crippen molar-refractivity contribution in [2.75, 3.05) is 26.8 Å². The smallest absolute Gasteiger partial charge is 0.325 e. The van der Waals surface area contributed by atoms with Crippen LogP contribution >= 0.6 is 11.3 Å². The molecule has 10 nitrogen and oxygen atoms in total. The molecule has 3 aromatic rings. The first-order valence-corrected chi connectivity index (χ1v) is 14.1. The molecule has 1 saturated heterocycles. The fourth-order valence-corrected chi connectivity index (χ4v) is 6.79. The molecule has 0 bridgehead atoms. The number of morpholine rings is 1. The van der Waals surface area contributed by atoms with E-state index in [1.807, 2.05) is 26.8 Å². The first-order valence-electron chi connectivity index (χ1n) is 11.8. The van der Waals surface area contributed by atoms with Crippen LogP contribution < -0.4 is 9.54 Å². The van der Waals surface area contributed by atoms with Gasteiger partial charge in [-0.2, -0.15) is 9.30 Å². The van der Waals surface area contributed by atoms with E-state index in [-0.39, 0.29) is 42.3 Å². The van der Waals surface area contributed by atoms with Crippen LogP contribution in [0.2, 0.25) is 0 Å². The minimum atomic E-state index is -3.73. The van der Waals surface area contributed by atoms with Crippen molar-refractivity contribution in [3.8, 4) is 5.75 Å². The SMILES string of the molecule is CCOc1ccc2c(c1)sc(=NC(=O)c1ccc(S(=O)(=O)N3C[C@@H](C)O[C@@H](C)C3)cc1)n2CC(=O)OC. The Kier molecular flexibility index (Phi) is 8.12. The van der Waals surface area contributed by atoms with Gasteiger partial charge in [-0.15, -0.1) is 0 Å². The van der Waals surface area contributed by atoms with E-state index in [4.69, 9.17) is 14.2 Å². The van der Waals surface area contributed by atoms with E-state index in [2.05, 4.69) is 4.99 Å². The van der Waals surface area contributed by atoms with Gasteiger partial charge in [0.2, 0.25) is 10.0 Å². The van der Waals surface area contributed by atoms with Gasteiger partial charge in [0, 0.05) is 18.7 Å². The lowest BCUT2D eigenvalue weighted by Gasteiger charge is -2.34.